The fourth-order valence-corrected chi connectivity index (χ4v) is 4.19. The van der Waals surface area contributed by atoms with E-state index >= 15 is 0 Å². The standard InChI is InChI=1S/C25H25N7O3/c1-15(2)35-22-11-26-19(10-21(22)32-12-20(27-13-32)16-6-7-16)25(33)29-18-5-3-4-17-23(18)34-9-8-31-14-28-30-24(17)31/h3-5,10-16H,6-9H2,1-2H3,(H,29,33). The number of imidazole rings is 1. The second-order valence-corrected chi connectivity index (χ2v) is 9.02. The molecule has 0 unspecified atom stereocenters. The molecular weight excluding hydrogens is 446 g/mol. The van der Waals surface area contributed by atoms with E-state index in [1.165, 1.54) is 0 Å². The van der Waals surface area contributed by atoms with Gasteiger partial charge in [0.15, 0.2) is 17.3 Å². The number of anilines is 1. The van der Waals surface area contributed by atoms with Crippen LogP contribution in [-0.4, -0.2) is 47.9 Å². The average molecular weight is 472 g/mol. The Morgan fingerprint density at radius 2 is 2.11 bits per heavy atom. The van der Waals surface area contributed by atoms with E-state index in [0.29, 0.717) is 42.1 Å². The molecule has 1 aliphatic carbocycles. The molecule has 1 aromatic carbocycles. The average Bonchev–Trinajstić information content (AvgIpc) is 3.45. The topological polar surface area (TPSA) is 109 Å². The summed E-state index contributed by atoms with van der Waals surface area (Å²) in [6, 6.07) is 7.29. The Morgan fingerprint density at radius 3 is 2.94 bits per heavy atom. The molecule has 10 nitrogen and oxygen atoms in total. The van der Waals surface area contributed by atoms with Crippen molar-refractivity contribution in [1.29, 1.82) is 0 Å². The van der Waals surface area contributed by atoms with E-state index in [9.17, 15) is 4.79 Å². The number of carbonyl (C=O) groups is 1. The maximum absolute atomic E-state index is 13.3. The number of fused-ring (bicyclic) bond motifs is 3. The van der Waals surface area contributed by atoms with Gasteiger partial charge in [-0.15, -0.1) is 10.2 Å². The molecule has 1 saturated carbocycles. The minimum absolute atomic E-state index is 0.0411. The molecule has 178 valence electrons. The van der Waals surface area contributed by atoms with E-state index in [4.69, 9.17) is 9.47 Å². The van der Waals surface area contributed by atoms with Gasteiger partial charge in [0.05, 0.1) is 47.8 Å². The van der Waals surface area contributed by atoms with Crippen LogP contribution in [0, 0.1) is 0 Å². The first-order valence-corrected chi connectivity index (χ1v) is 11.7. The van der Waals surface area contributed by atoms with Crippen molar-refractivity contribution in [3.8, 4) is 28.6 Å². The van der Waals surface area contributed by atoms with E-state index in [-0.39, 0.29) is 17.7 Å². The van der Waals surface area contributed by atoms with Gasteiger partial charge in [-0.25, -0.2) is 9.97 Å². The van der Waals surface area contributed by atoms with Crippen molar-refractivity contribution in [2.75, 3.05) is 11.9 Å². The van der Waals surface area contributed by atoms with Crippen LogP contribution in [-0.2, 0) is 6.54 Å². The van der Waals surface area contributed by atoms with E-state index in [0.717, 1.165) is 29.8 Å². The summed E-state index contributed by atoms with van der Waals surface area (Å²) in [5.74, 6) is 2.03. The van der Waals surface area contributed by atoms with Crippen molar-refractivity contribution < 1.29 is 14.3 Å². The quantitative estimate of drug-likeness (QED) is 0.455. The van der Waals surface area contributed by atoms with Crippen LogP contribution >= 0.6 is 0 Å². The van der Waals surface area contributed by atoms with Crippen LogP contribution in [0.25, 0.3) is 17.1 Å². The first-order chi connectivity index (χ1) is 17.1. The fraction of sp³-hybridized carbons (Fsp3) is 0.320. The fourth-order valence-electron chi connectivity index (χ4n) is 4.19. The van der Waals surface area contributed by atoms with Gasteiger partial charge in [-0.3, -0.25) is 4.79 Å². The lowest BCUT2D eigenvalue weighted by Gasteiger charge is -2.16. The lowest BCUT2D eigenvalue weighted by atomic mass is 10.1. The predicted octanol–water partition coefficient (Wildman–Crippen LogP) is 3.84. The molecule has 0 saturated heterocycles. The summed E-state index contributed by atoms with van der Waals surface area (Å²) in [6.45, 7) is 4.98. The van der Waals surface area contributed by atoms with Crippen LogP contribution in [0.15, 0.2) is 49.3 Å². The normalized spacial score (nSPS) is 14.6. The number of nitrogens with zero attached hydrogens (tertiary/aromatic N) is 6. The third-order valence-electron chi connectivity index (χ3n) is 6.02. The Hall–Kier alpha value is -4.21. The summed E-state index contributed by atoms with van der Waals surface area (Å²) >= 11 is 0. The van der Waals surface area contributed by atoms with Crippen molar-refractivity contribution in [3.05, 3.63) is 60.7 Å². The highest BCUT2D eigenvalue weighted by atomic mass is 16.5. The predicted molar refractivity (Wildman–Crippen MR) is 128 cm³/mol. The zero-order valence-electron chi connectivity index (χ0n) is 19.5. The first kappa shape index (κ1) is 21.3. The molecule has 1 amide bonds. The van der Waals surface area contributed by atoms with Gasteiger partial charge in [0.25, 0.3) is 5.91 Å². The molecule has 0 atom stereocenters. The molecule has 35 heavy (non-hydrogen) atoms. The second-order valence-electron chi connectivity index (χ2n) is 9.02. The molecule has 0 spiro atoms. The molecule has 6 rings (SSSR count). The molecule has 3 aromatic heterocycles. The number of amides is 1. The molecular formula is C25H25N7O3. The largest absolute Gasteiger partial charge is 0.489 e. The van der Waals surface area contributed by atoms with Gasteiger partial charge in [-0.2, -0.15) is 0 Å². The highest BCUT2D eigenvalue weighted by molar-refractivity contribution is 6.04. The molecule has 1 aliphatic heterocycles. The highest BCUT2D eigenvalue weighted by Gasteiger charge is 2.27. The molecule has 1 N–H and O–H groups in total. The number of ether oxygens (including phenoxy) is 2. The van der Waals surface area contributed by atoms with Crippen LogP contribution < -0.4 is 14.8 Å². The van der Waals surface area contributed by atoms with Gasteiger partial charge in [-0.05, 0) is 44.9 Å². The smallest absolute Gasteiger partial charge is 0.274 e. The molecule has 4 heterocycles. The third-order valence-corrected chi connectivity index (χ3v) is 6.02. The van der Waals surface area contributed by atoms with E-state index in [1.54, 1.807) is 31.0 Å². The Balaban J connectivity index is 1.33. The number of pyridine rings is 1. The summed E-state index contributed by atoms with van der Waals surface area (Å²) in [7, 11) is 0. The number of rotatable bonds is 6. The SMILES string of the molecule is CC(C)Oc1cnc(C(=O)Nc2cccc3c2OCCn2cnnc2-3)cc1-n1cnc(C2CC2)c1. The Labute approximate surface area is 201 Å². The summed E-state index contributed by atoms with van der Waals surface area (Å²) in [5.41, 5.74) is 3.36. The second kappa shape index (κ2) is 8.53. The monoisotopic (exact) mass is 471 g/mol. The minimum atomic E-state index is -0.354. The highest BCUT2D eigenvalue weighted by Crippen LogP contribution is 2.40. The Morgan fingerprint density at radius 1 is 1.23 bits per heavy atom. The van der Waals surface area contributed by atoms with Crippen LogP contribution in [0.1, 0.15) is 48.8 Å². The van der Waals surface area contributed by atoms with Gasteiger partial charge in [0.1, 0.15) is 18.6 Å². The van der Waals surface area contributed by atoms with Crippen molar-refractivity contribution in [2.45, 2.75) is 45.3 Å². The maximum Gasteiger partial charge on any atom is 0.274 e. The number of hydrogen-bond acceptors (Lipinski definition) is 7. The van der Waals surface area contributed by atoms with Gasteiger partial charge in [0.2, 0.25) is 0 Å². The zero-order chi connectivity index (χ0) is 23.9. The molecule has 0 radical (unpaired) electrons. The number of hydrogen-bond donors (Lipinski definition) is 1. The van der Waals surface area contributed by atoms with Gasteiger partial charge in [0, 0.05) is 12.1 Å². The Bertz CT molecular complexity index is 1400. The van der Waals surface area contributed by atoms with Gasteiger partial charge in [-0.1, -0.05) is 6.07 Å². The number of para-hydroxylation sites is 1. The molecule has 1 fully saturated rings. The van der Waals surface area contributed by atoms with Gasteiger partial charge < -0.3 is 23.9 Å². The first-order valence-electron chi connectivity index (χ1n) is 11.7. The van der Waals surface area contributed by atoms with Crippen LogP contribution in [0.4, 0.5) is 5.69 Å². The van der Waals surface area contributed by atoms with Gasteiger partial charge >= 0.3 is 0 Å². The van der Waals surface area contributed by atoms with Crippen LogP contribution in [0.2, 0.25) is 0 Å². The lowest BCUT2D eigenvalue weighted by molar-refractivity contribution is 0.102. The minimum Gasteiger partial charge on any atom is -0.489 e. The molecule has 10 heteroatoms. The summed E-state index contributed by atoms with van der Waals surface area (Å²) in [6.07, 6.45) is 9.32. The Kier molecular flexibility index (Phi) is 5.20. The molecule has 2 aliphatic rings. The number of aromatic nitrogens is 6. The molecule has 0 bridgehead atoms. The van der Waals surface area contributed by atoms with E-state index in [1.807, 2.05) is 41.3 Å². The number of nitrogens with one attached hydrogen (secondary N) is 1. The van der Waals surface area contributed by atoms with Crippen molar-refractivity contribution in [1.82, 2.24) is 29.3 Å². The summed E-state index contributed by atoms with van der Waals surface area (Å²) in [4.78, 5) is 22.2. The van der Waals surface area contributed by atoms with Crippen molar-refractivity contribution in [2.24, 2.45) is 0 Å². The zero-order valence-corrected chi connectivity index (χ0v) is 19.5. The van der Waals surface area contributed by atoms with Crippen molar-refractivity contribution >= 4 is 11.6 Å². The third kappa shape index (κ3) is 4.11. The van der Waals surface area contributed by atoms with Crippen molar-refractivity contribution in [3.63, 3.8) is 0 Å². The lowest BCUT2D eigenvalue weighted by Crippen LogP contribution is -2.16. The maximum atomic E-state index is 13.3. The van der Waals surface area contributed by atoms with E-state index < -0.39 is 0 Å². The summed E-state index contributed by atoms with van der Waals surface area (Å²) in [5, 5.41) is 11.2. The summed E-state index contributed by atoms with van der Waals surface area (Å²) < 4.78 is 15.8. The van der Waals surface area contributed by atoms with E-state index in [2.05, 4.69) is 25.5 Å². The molecule has 4 aromatic rings. The van der Waals surface area contributed by atoms with Crippen LogP contribution in [0.3, 0.4) is 0 Å². The number of benzene rings is 1. The van der Waals surface area contributed by atoms with Crippen LogP contribution in [0.5, 0.6) is 11.5 Å². The number of carbonyl (C=O) groups excluding carboxylic acids is 1.